The van der Waals surface area contributed by atoms with Gasteiger partial charge in [0.05, 0.1) is 85.3 Å². The van der Waals surface area contributed by atoms with Crippen molar-refractivity contribution in [1.82, 2.24) is 58.8 Å². The van der Waals surface area contributed by atoms with E-state index in [-0.39, 0.29) is 102 Å². The van der Waals surface area contributed by atoms with Crippen molar-refractivity contribution in [3.8, 4) is 11.5 Å². The highest BCUT2D eigenvalue weighted by atomic mass is 32.2. The highest BCUT2D eigenvalue weighted by Gasteiger charge is 2.50. The van der Waals surface area contributed by atoms with E-state index in [1.807, 2.05) is 97.9 Å². The molecule has 0 aliphatic rings. The zero-order valence-corrected chi connectivity index (χ0v) is 71.3. The van der Waals surface area contributed by atoms with Crippen LogP contribution in [0.1, 0.15) is 108 Å². The number of aryl methyl sites for hydroxylation is 4. The van der Waals surface area contributed by atoms with E-state index in [0.717, 1.165) is 38.0 Å². The van der Waals surface area contributed by atoms with Crippen molar-refractivity contribution in [3.05, 3.63) is 315 Å². The Morgan fingerprint density at radius 3 is 1.12 bits per heavy atom. The minimum atomic E-state index is -6.27. The molecule has 8 heterocycles. The number of ether oxygens (including phenoxy) is 3. The van der Waals surface area contributed by atoms with Gasteiger partial charge in [0.15, 0.2) is 45.0 Å². The molecule has 7 N–H and O–H groups in total. The number of aromatic nitrogens is 12. The summed E-state index contributed by atoms with van der Waals surface area (Å²) in [6.07, 6.45) is 4.92. The quantitative estimate of drug-likeness (QED) is 0.0135. The van der Waals surface area contributed by atoms with Gasteiger partial charge in [0.1, 0.15) is 57.5 Å². The molecule has 128 heavy (non-hydrogen) atoms. The Hall–Kier alpha value is -15.2. The molecular formula is C84H79F3N16O22S3. The van der Waals surface area contributed by atoms with E-state index in [1.165, 1.54) is 67.9 Å². The van der Waals surface area contributed by atoms with Crippen molar-refractivity contribution in [2.75, 3.05) is 30.5 Å². The summed E-state index contributed by atoms with van der Waals surface area (Å²) < 4.78 is 131. The third kappa shape index (κ3) is 22.1. The molecule has 14 aromatic rings. The second-order valence-corrected chi connectivity index (χ2v) is 31.7. The number of nitrogens with two attached hydrogens (primary N) is 2. The first-order valence-electron chi connectivity index (χ1n) is 38.2. The summed E-state index contributed by atoms with van der Waals surface area (Å²) in [7, 11) is -13.9. The highest BCUT2D eigenvalue weighted by Crippen LogP contribution is 2.36. The molecule has 0 saturated carbocycles. The zero-order chi connectivity index (χ0) is 92.4. The lowest BCUT2D eigenvalue weighted by molar-refractivity contribution is -0.0500. The summed E-state index contributed by atoms with van der Waals surface area (Å²) in [6, 6.07) is 50.0. The first kappa shape index (κ1) is 93.5. The molecule has 44 heteroatoms. The largest absolute Gasteiger partial charge is 0.534 e. The first-order chi connectivity index (χ1) is 61.0. The van der Waals surface area contributed by atoms with Crippen LogP contribution in [0, 0.1) is 27.7 Å². The lowest BCUT2D eigenvalue weighted by Crippen LogP contribution is -2.35. The molecule has 0 fully saturated rings. The number of alkyl halides is 3. The van der Waals surface area contributed by atoms with E-state index < -0.39 is 104 Å². The molecule has 0 aliphatic heterocycles. The van der Waals surface area contributed by atoms with Crippen LogP contribution in [0.15, 0.2) is 230 Å². The van der Waals surface area contributed by atoms with Gasteiger partial charge in [-0.3, -0.25) is 19.2 Å². The van der Waals surface area contributed by atoms with Gasteiger partial charge in [-0.1, -0.05) is 146 Å². The molecule has 8 aromatic heterocycles. The lowest BCUT2D eigenvalue weighted by atomic mass is 10.1. The van der Waals surface area contributed by atoms with Crippen LogP contribution in [0.25, 0.3) is 44.1 Å². The number of benzene rings is 6. The number of anilines is 2. The number of esters is 3. The van der Waals surface area contributed by atoms with Crippen LogP contribution in [0.3, 0.4) is 0 Å². The second-order valence-electron chi connectivity index (χ2n) is 27.1. The van der Waals surface area contributed by atoms with Crippen LogP contribution in [0.4, 0.5) is 24.5 Å². The van der Waals surface area contributed by atoms with Crippen LogP contribution in [0.2, 0.25) is 0 Å². The Morgan fingerprint density at radius 2 is 0.727 bits per heavy atom. The molecule has 0 saturated heterocycles. The summed E-state index contributed by atoms with van der Waals surface area (Å²) in [5, 5.41) is 27.9. The van der Waals surface area contributed by atoms with E-state index in [1.54, 1.807) is 82.3 Å². The molecule has 0 amide bonds. The monoisotopic (exact) mass is 1820 g/mol. The summed E-state index contributed by atoms with van der Waals surface area (Å²) in [4.78, 5) is 145. The number of hydrogen-bond donors (Lipinski definition) is 5. The average molecular weight is 1820 g/mol. The van der Waals surface area contributed by atoms with Gasteiger partial charge in [0, 0.05) is 19.2 Å². The van der Waals surface area contributed by atoms with Crippen LogP contribution in [0.5, 0.6) is 11.5 Å². The molecule has 0 radical (unpaired) electrons. The first-order valence-corrected chi connectivity index (χ1v) is 42.7. The fourth-order valence-electron chi connectivity index (χ4n) is 12.3. The Morgan fingerprint density at radius 1 is 0.406 bits per heavy atom. The summed E-state index contributed by atoms with van der Waals surface area (Å²) >= 11 is 0. The maximum absolute atomic E-state index is 13.6. The molecule has 0 atom stereocenters. The summed E-state index contributed by atoms with van der Waals surface area (Å²) in [5.41, 5.74) is -3.95. The fourth-order valence-corrected chi connectivity index (χ4v) is 13.8. The van der Waals surface area contributed by atoms with Gasteiger partial charge in [0.2, 0.25) is 20.0 Å². The van der Waals surface area contributed by atoms with Crippen LogP contribution in [-0.2, 0) is 83.9 Å². The van der Waals surface area contributed by atoms with Crippen molar-refractivity contribution in [2.24, 2.45) is 10.3 Å². The van der Waals surface area contributed by atoms with Gasteiger partial charge in [-0.05, 0) is 106 Å². The number of halogens is 3. The minimum Gasteiger partial charge on any atom is -0.506 e. The van der Waals surface area contributed by atoms with Gasteiger partial charge in [0.25, 0.3) is 5.56 Å². The van der Waals surface area contributed by atoms with E-state index in [0.29, 0.717) is 61.6 Å². The Kier molecular flexibility index (Phi) is 30.0. The summed E-state index contributed by atoms with van der Waals surface area (Å²) in [6.45, 7) is 11.6. The maximum Gasteiger partial charge on any atom is 0.534 e. The Bertz CT molecular complexity index is 7080. The number of rotatable bonds is 28. The predicted octanol–water partition coefficient (Wildman–Crippen LogP) is 7.90. The van der Waals surface area contributed by atoms with Crippen molar-refractivity contribution < 1.29 is 95.7 Å². The number of hydrogen-bond acceptors (Lipinski definition) is 32. The van der Waals surface area contributed by atoms with E-state index in [9.17, 15) is 77.1 Å². The fraction of sp³-hybridized carbons (Fsp3) is 0.202. The number of primary sulfonamides is 2. The van der Waals surface area contributed by atoms with Crippen molar-refractivity contribution in [3.63, 3.8) is 0 Å². The predicted molar refractivity (Wildman–Crippen MR) is 456 cm³/mol. The highest BCUT2D eigenvalue weighted by molar-refractivity contribution is 7.89. The molecule has 14 rings (SSSR count). The van der Waals surface area contributed by atoms with Gasteiger partial charge in [-0.2, -0.15) is 21.6 Å². The van der Waals surface area contributed by atoms with Crippen LogP contribution < -0.4 is 66.7 Å². The van der Waals surface area contributed by atoms with Crippen molar-refractivity contribution in [1.29, 1.82) is 0 Å². The topological polar surface area (TPSA) is 515 Å². The smallest absolute Gasteiger partial charge is 0.506 e. The molecule has 0 spiro atoms. The SMILES string of the molecule is CCOC(=O)c1c(NCc2ccc(S(N)(=O)=O)cc2)c2c(C)ncnc2n(OCc2ccccc2)c1=O.CCOC(=O)c1c(O)c2c(C)ncnc2n(OCc2ccccc2)c1=O.CCOC(=O)c1c(OS(=O)(=O)C(F)(F)F)c2c(C)ncnc2n(OCc2ccccc2)c1=O.Cc1ncnc2c1c(NCc1ccc(S(N)(=O)=O)cc1)cc(=O)n2OCc1ccccc1. The number of carbonyl (C=O) groups excluding carboxylic acids is 3. The minimum absolute atomic E-state index is 0.0312. The Balaban J connectivity index is 0.000000166. The van der Waals surface area contributed by atoms with E-state index in [4.69, 9.17) is 43.8 Å². The molecule has 666 valence electrons. The maximum atomic E-state index is 13.6. The third-order valence-corrected chi connectivity index (χ3v) is 21.2. The molecule has 38 nitrogen and oxygen atoms in total. The zero-order valence-electron chi connectivity index (χ0n) is 68.8. The molecule has 0 unspecified atom stereocenters. The van der Waals surface area contributed by atoms with Gasteiger partial charge in [-0.25, -0.2) is 81.4 Å². The number of fused-ring (bicyclic) bond motifs is 4. The molecule has 0 aliphatic carbocycles. The van der Waals surface area contributed by atoms with Gasteiger partial charge in [-0.15, -0.1) is 18.9 Å². The van der Waals surface area contributed by atoms with Crippen molar-refractivity contribution in [2.45, 2.75) is 103 Å². The number of nitrogens with one attached hydrogen (secondary N) is 2. The Labute approximate surface area is 725 Å². The van der Waals surface area contributed by atoms with Gasteiger partial charge >= 0.3 is 50.2 Å². The lowest BCUT2D eigenvalue weighted by Gasteiger charge is -2.18. The van der Waals surface area contributed by atoms with E-state index in [2.05, 4.69) is 54.7 Å². The number of sulfonamides is 2. The van der Waals surface area contributed by atoms with Gasteiger partial charge < -0.3 is 53.5 Å². The van der Waals surface area contributed by atoms with Crippen molar-refractivity contribution >= 4 is 104 Å². The number of aromatic hydroxyl groups is 1. The number of carbonyl (C=O) groups is 3. The molecule has 6 aromatic carbocycles. The van der Waals surface area contributed by atoms with Crippen LogP contribution >= 0.6 is 0 Å². The number of pyridine rings is 4. The summed E-state index contributed by atoms with van der Waals surface area (Å²) in [5.74, 6) is -4.90. The number of nitrogens with zero attached hydrogens (tertiary/aromatic N) is 12. The normalized spacial score (nSPS) is 11.4. The molecule has 0 bridgehead atoms. The second kappa shape index (κ2) is 41.1. The van der Waals surface area contributed by atoms with E-state index >= 15 is 0 Å². The van der Waals surface area contributed by atoms with Crippen LogP contribution in [-0.4, -0.2) is 132 Å². The average Bonchev–Trinajstić information content (AvgIpc) is 0.375. The third-order valence-electron chi connectivity index (χ3n) is 18.4. The molecular weight excluding hydrogens is 1740 g/mol. The standard InChI is InChI=1S/C25H25N5O6S.C22H21N5O4S.C19H16F3N3O7S.C18H17N3O5/c1-3-35-25(32)21-22(27-13-17-9-11-19(12-10-17)37(26,33)34)20-16(2)28-15-29-23(20)30(24(21)31)36-14-18-7-5-4-6-8-18;1-15-21-19(24-12-16-7-9-18(10-8-16)32(23,29)30)11-20(28)27(22(21)26-14-25-15)31-13-17-5-3-2-4-6-17;1-3-30-18(27)14-15(32-33(28,29)19(20,21)22)13-11(2)23-10-24-16(13)25(17(14)26)31-9-12-7-5-4-6-8-12;1-3-25-18(24)14-15(22)13-11(2)19-10-20-16(13)21(17(14)23)26-9-12-7-5-4-6-8-12/h4-12,15,27H,3,13-14H2,1-2H3,(H2,26,33,34);2-11,14,24H,12-13H2,1H3,(H2,23,29,30);4-8,10H,3,9H2,1-2H3;4-8,10,22H,3,9H2,1-2H3.